The Balaban J connectivity index is 1.83. The van der Waals surface area contributed by atoms with Gasteiger partial charge >= 0.3 is 0 Å². The molecular formula is C24H21NO3. The number of ether oxygens (including phenoxy) is 2. The average molecular weight is 371 g/mol. The summed E-state index contributed by atoms with van der Waals surface area (Å²) in [5.74, 6) is 1.29. The van der Waals surface area contributed by atoms with Gasteiger partial charge in [0.05, 0.1) is 12.7 Å². The maximum atomic E-state index is 13.6. The van der Waals surface area contributed by atoms with Crippen molar-refractivity contribution in [3.8, 4) is 5.75 Å². The van der Waals surface area contributed by atoms with E-state index >= 15 is 0 Å². The lowest BCUT2D eigenvalue weighted by molar-refractivity contribution is -0.117. The van der Waals surface area contributed by atoms with Crippen molar-refractivity contribution in [2.75, 3.05) is 12.0 Å². The third kappa shape index (κ3) is 3.25. The van der Waals surface area contributed by atoms with Gasteiger partial charge < -0.3 is 9.47 Å². The van der Waals surface area contributed by atoms with Crippen molar-refractivity contribution in [2.24, 2.45) is 0 Å². The Bertz CT molecular complexity index is 995. The van der Waals surface area contributed by atoms with Crippen molar-refractivity contribution in [3.63, 3.8) is 0 Å². The number of methoxy groups -OCH3 is 1. The highest BCUT2D eigenvalue weighted by molar-refractivity contribution is 6.27. The fraction of sp³-hybridized carbons (Fsp3) is 0.125. The number of hydrogen-bond donors (Lipinski definition) is 0. The molecule has 4 nitrogen and oxygen atoms in total. The van der Waals surface area contributed by atoms with Gasteiger partial charge in [0.1, 0.15) is 11.5 Å². The molecule has 0 N–H and O–H groups in total. The van der Waals surface area contributed by atoms with Crippen molar-refractivity contribution in [3.05, 3.63) is 102 Å². The molecule has 0 saturated heterocycles. The third-order valence-corrected chi connectivity index (χ3v) is 4.81. The molecule has 0 aromatic heterocycles. The summed E-state index contributed by atoms with van der Waals surface area (Å²) >= 11 is 0. The van der Waals surface area contributed by atoms with Crippen molar-refractivity contribution < 1.29 is 14.3 Å². The van der Waals surface area contributed by atoms with E-state index in [-0.39, 0.29) is 5.91 Å². The van der Waals surface area contributed by atoms with E-state index in [2.05, 4.69) is 0 Å². The zero-order chi connectivity index (χ0) is 19.5. The first-order chi connectivity index (χ1) is 13.7. The second kappa shape index (κ2) is 7.61. The molecule has 0 radical (unpaired) electrons. The average Bonchev–Trinajstić information content (AvgIpc) is 2.75. The van der Waals surface area contributed by atoms with Crippen molar-refractivity contribution in [1.29, 1.82) is 0 Å². The molecule has 0 unspecified atom stereocenters. The van der Waals surface area contributed by atoms with Crippen molar-refractivity contribution in [2.45, 2.75) is 13.2 Å². The van der Waals surface area contributed by atoms with Gasteiger partial charge in [-0.3, -0.25) is 9.69 Å². The molecule has 1 heterocycles. The van der Waals surface area contributed by atoms with E-state index in [1.807, 2.05) is 91.9 Å². The maximum Gasteiger partial charge on any atom is 0.265 e. The Morgan fingerprint density at radius 3 is 2.07 bits per heavy atom. The van der Waals surface area contributed by atoms with Gasteiger partial charge in [0.25, 0.3) is 5.91 Å². The molecule has 0 spiro atoms. The van der Waals surface area contributed by atoms with Gasteiger partial charge in [0.2, 0.25) is 6.23 Å². The normalized spacial score (nSPS) is 16.7. The van der Waals surface area contributed by atoms with Crippen LogP contribution < -0.4 is 9.64 Å². The highest BCUT2D eigenvalue weighted by atomic mass is 16.5. The molecule has 1 aliphatic rings. The lowest BCUT2D eigenvalue weighted by Gasteiger charge is -2.37. The lowest BCUT2D eigenvalue weighted by Crippen LogP contribution is -2.40. The standard InChI is InChI=1S/C24H21NO3/c1-17-22(18-9-5-3-6-10-18)23(26)25(20-11-7-4-8-12-20)24(28-17)19-13-15-21(27-2)16-14-19/h3-16,24H,1-2H3/t24-/m0/s1. The summed E-state index contributed by atoms with van der Waals surface area (Å²) in [4.78, 5) is 15.3. The minimum Gasteiger partial charge on any atom is -0.497 e. The van der Waals surface area contributed by atoms with E-state index in [9.17, 15) is 4.79 Å². The third-order valence-electron chi connectivity index (χ3n) is 4.81. The smallest absolute Gasteiger partial charge is 0.265 e. The topological polar surface area (TPSA) is 38.8 Å². The Kier molecular flexibility index (Phi) is 4.85. The fourth-order valence-corrected chi connectivity index (χ4v) is 3.42. The van der Waals surface area contributed by atoms with E-state index in [4.69, 9.17) is 9.47 Å². The van der Waals surface area contributed by atoms with Gasteiger partial charge in [-0.2, -0.15) is 0 Å². The van der Waals surface area contributed by atoms with Crippen LogP contribution in [0.4, 0.5) is 5.69 Å². The Morgan fingerprint density at radius 1 is 0.857 bits per heavy atom. The molecular weight excluding hydrogens is 350 g/mol. The van der Waals surface area contributed by atoms with Gasteiger partial charge in [-0.05, 0) is 48.9 Å². The largest absolute Gasteiger partial charge is 0.497 e. The van der Waals surface area contributed by atoms with E-state index in [0.717, 1.165) is 22.6 Å². The summed E-state index contributed by atoms with van der Waals surface area (Å²) in [5, 5.41) is 0. The van der Waals surface area contributed by atoms with Gasteiger partial charge in [-0.25, -0.2) is 0 Å². The Hall–Kier alpha value is -3.53. The molecule has 140 valence electrons. The highest BCUT2D eigenvalue weighted by Crippen LogP contribution is 2.39. The lowest BCUT2D eigenvalue weighted by atomic mass is 10.00. The summed E-state index contributed by atoms with van der Waals surface area (Å²) in [7, 11) is 1.63. The molecule has 3 aromatic rings. The Morgan fingerprint density at radius 2 is 1.46 bits per heavy atom. The van der Waals surface area contributed by atoms with Crippen LogP contribution in [0, 0.1) is 0 Å². The minimum absolute atomic E-state index is 0.0815. The summed E-state index contributed by atoms with van der Waals surface area (Å²) in [6, 6.07) is 26.8. The first-order valence-corrected chi connectivity index (χ1v) is 9.14. The summed E-state index contributed by atoms with van der Waals surface area (Å²) in [6.07, 6.45) is -0.548. The van der Waals surface area contributed by atoms with Gasteiger partial charge in [-0.1, -0.05) is 48.5 Å². The number of rotatable bonds is 4. The summed E-state index contributed by atoms with van der Waals surface area (Å²) < 4.78 is 11.5. The van der Waals surface area contributed by atoms with Gasteiger partial charge in [0.15, 0.2) is 0 Å². The molecule has 1 amide bonds. The van der Waals surface area contributed by atoms with Crippen LogP contribution in [0.3, 0.4) is 0 Å². The molecule has 0 aliphatic carbocycles. The zero-order valence-electron chi connectivity index (χ0n) is 15.8. The van der Waals surface area contributed by atoms with Crippen molar-refractivity contribution in [1.82, 2.24) is 0 Å². The number of anilines is 1. The summed E-state index contributed by atoms with van der Waals surface area (Å²) in [6.45, 7) is 1.85. The van der Waals surface area contributed by atoms with Crippen LogP contribution in [0.1, 0.15) is 24.3 Å². The molecule has 0 fully saturated rings. The van der Waals surface area contributed by atoms with E-state index in [1.54, 1.807) is 12.0 Å². The molecule has 1 atom stereocenters. The first-order valence-electron chi connectivity index (χ1n) is 9.14. The van der Waals surface area contributed by atoms with Crippen LogP contribution in [0.5, 0.6) is 5.75 Å². The van der Waals surface area contributed by atoms with Crippen LogP contribution >= 0.6 is 0 Å². The molecule has 1 aliphatic heterocycles. The fourth-order valence-electron chi connectivity index (χ4n) is 3.42. The van der Waals surface area contributed by atoms with E-state index in [0.29, 0.717) is 11.3 Å². The van der Waals surface area contributed by atoms with E-state index in [1.165, 1.54) is 0 Å². The molecule has 3 aromatic carbocycles. The SMILES string of the molecule is COc1ccc([C@@H]2OC(C)=C(c3ccccc3)C(=O)N2c2ccccc2)cc1. The zero-order valence-corrected chi connectivity index (χ0v) is 15.8. The van der Waals surface area contributed by atoms with Crippen LogP contribution in [-0.2, 0) is 9.53 Å². The number of carbonyl (C=O) groups is 1. The number of amides is 1. The van der Waals surface area contributed by atoms with Crippen molar-refractivity contribution >= 4 is 17.2 Å². The molecule has 4 heteroatoms. The number of carbonyl (C=O) groups excluding carboxylic acids is 1. The van der Waals surface area contributed by atoms with E-state index < -0.39 is 6.23 Å². The first kappa shape index (κ1) is 17.9. The minimum atomic E-state index is -0.548. The monoisotopic (exact) mass is 371 g/mol. The van der Waals surface area contributed by atoms with Crippen LogP contribution in [0.25, 0.3) is 5.57 Å². The number of para-hydroxylation sites is 1. The Labute approximate surface area is 164 Å². The number of benzene rings is 3. The second-order valence-electron chi connectivity index (χ2n) is 6.55. The van der Waals surface area contributed by atoms with Gasteiger partial charge in [-0.15, -0.1) is 0 Å². The second-order valence-corrected chi connectivity index (χ2v) is 6.55. The highest BCUT2D eigenvalue weighted by Gasteiger charge is 2.37. The molecule has 28 heavy (non-hydrogen) atoms. The number of nitrogens with zero attached hydrogens (tertiary/aromatic N) is 1. The number of allylic oxidation sites excluding steroid dienone is 1. The van der Waals surface area contributed by atoms with Crippen LogP contribution in [0.2, 0.25) is 0 Å². The van der Waals surface area contributed by atoms with Gasteiger partial charge in [0, 0.05) is 11.3 Å². The van der Waals surface area contributed by atoms with Crippen LogP contribution in [-0.4, -0.2) is 13.0 Å². The quantitative estimate of drug-likeness (QED) is 0.634. The maximum absolute atomic E-state index is 13.6. The molecule has 0 saturated carbocycles. The molecule has 0 bridgehead atoms. The van der Waals surface area contributed by atoms with Crippen LogP contribution in [0.15, 0.2) is 90.7 Å². The number of hydrogen-bond acceptors (Lipinski definition) is 3. The molecule has 4 rings (SSSR count). The summed E-state index contributed by atoms with van der Waals surface area (Å²) in [5.41, 5.74) is 3.09. The predicted octanol–water partition coefficient (Wildman–Crippen LogP) is 5.19. The predicted molar refractivity (Wildman–Crippen MR) is 110 cm³/mol.